The summed E-state index contributed by atoms with van der Waals surface area (Å²) < 4.78 is 39.9. The number of quaternary nitrogens is 1. The van der Waals surface area contributed by atoms with Gasteiger partial charge in [0.05, 0.1) is 36.1 Å². The molecule has 1 aliphatic heterocycles. The molecule has 2 N–H and O–H groups in total. The Bertz CT molecular complexity index is 722. The van der Waals surface area contributed by atoms with E-state index in [0.29, 0.717) is 39.3 Å². The van der Waals surface area contributed by atoms with Crippen LogP contribution in [0.4, 0.5) is 4.39 Å². The lowest BCUT2D eigenvalue weighted by atomic mass is 10.2. The van der Waals surface area contributed by atoms with Crippen molar-refractivity contribution >= 4 is 27.5 Å². The van der Waals surface area contributed by atoms with E-state index in [1.807, 2.05) is 0 Å². The molecule has 0 atom stereocenters. The Morgan fingerprint density at radius 1 is 1.31 bits per heavy atom. The fraction of sp³-hybridized carbons (Fsp3) is 0.588. The number of hydrogen-bond acceptors (Lipinski definition) is 3. The summed E-state index contributed by atoms with van der Waals surface area (Å²) >= 11 is 5.69. The molecule has 1 aromatic carbocycles. The van der Waals surface area contributed by atoms with Crippen LogP contribution in [-0.2, 0) is 14.8 Å². The summed E-state index contributed by atoms with van der Waals surface area (Å²) in [6.45, 7) is 4.88. The second-order valence-electron chi connectivity index (χ2n) is 6.46. The van der Waals surface area contributed by atoms with Crippen LogP contribution in [0.1, 0.15) is 26.2 Å². The molecule has 0 spiro atoms. The summed E-state index contributed by atoms with van der Waals surface area (Å²) in [6, 6.07) is 3.41. The van der Waals surface area contributed by atoms with Crippen molar-refractivity contribution in [2.75, 3.05) is 39.3 Å². The first-order valence-corrected chi connectivity index (χ1v) is 10.7. The predicted octanol–water partition coefficient (Wildman–Crippen LogP) is 0.675. The van der Waals surface area contributed by atoms with E-state index in [4.69, 9.17) is 11.6 Å². The van der Waals surface area contributed by atoms with Crippen molar-refractivity contribution in [3.8, 4) is 0 Å². The molecule has 6 nitrogen and oxygen atoms in total. The summed E-state index contributed by atoms with van der Waals surface area (Å²) in [5, 5.41) is 2.69. The number of nitrogens with zero attached hydrogens (tertiary/aromatic N) is 1. The highest BCUT2D eigenvalue weighted by Gasteiger charge is 2.31. The molecular formula is C17H26ClFN3O3S+. The van der Waals surface area contributed by atoms with Crippen LogP contribution in [0.3, 0.4) is 0 Å². The number of nitrogens with one attached hydrogen (secondary N) is 2. The van der Waals surface area contributed by atoms with Gasteiger partial charge < -0.3 is 10.2 Å². The number of carbonyl (C=O) groups excluding carboxylic acids is 1. The molecule has 0 aliphatic carbocycles. The molecule has 1 saturated heterocycles. The number of benzene rings is 1. The topological polar surface area (TPSA) is 70.9 Å². The highest BCUT2D eigenvalue weighted by Crippen LogP contribution is 2.22. The molecule has 1 amide bonds. The third-order valence-electron chi connectivity index (χ3n) is 4.47. The largest absolute Gasteiger partial charge is 0.351 e. The smallest absolute Gasteiger partial charge is 0.275 e. The van der Waals surface area contributed by atoms with E-state index >= 15 is 0 Å². The summed E-state index contributed by atoms with van der Waals surface area (Å²) in [6.07, 6.45) is 3.18. The van der Waals surface area contributed by atoms with Gasteiger partial charge in [-0.3, -0.25) is 4.79 Å². The van der Waals surface area contributed by atoms with Crippen LogP contribution in [-0.4, -0.2) is 57.9 Å². The maximum Gasteiger partial charge on any atom is 0.275 e. The van der Waals surface area contributed by atoms with Gasteiger partial charge in [0.15, 0.2) is 6.54 Å². The first kappa shape index (κ1) is 21.1. The number of halogens is 2. The summed E-state index contributed by atoms with van der Waals surface area (Å²) in [5.74, 6) is -0.650. The van der Waals surface area contributed by atoms with Gasteiger partial charge in [0, 0.05) is 6.54 Å². The van der Waals surface area contributed by atoms with Crippen LogP contribution in [0.2, 0.25) is 5.02 Å². The average molecular weight is 407 g/mol. The van der Waals surface area contributed by atoms with Crippen molar-refractivity contribution in [2.24, 2.45) is 0 Å². The zero-order chi connectivity index (χ0) is 19.2. The van der Waals surface area contributed by atoms with E-state index in [1.165, 1.54) is 10.4 Å². The van der Waals surface area contributed by atoms with Crippen molar-refractivity contribution in [3.63, 3.8) is 0 Å². The van der Waals surface area contributed by atoms with Gasteiger partial charge in [-0.15, -0.1) is 0 Å². The molecule has 2 rings (SSSR count). The van der Waals surface area contributed by atoms with E-state index < -0.39 is 15.8 Å². The Balaban J connectivity index is 1.85. The fourth-order valence-corrected chi connectivity index (χ4v) is 4.61. The Hall–Kier alpha value is -1.22. The van der Waals surface area contributed by atoms with Gasteiger partial charge >= 0.3 is 0 Å². The van der Waals surface area contributed by atoms with Crippen LogP contribution < -0.4 is 10.2 Å². The van der Waals surface area contributed by atoms with E-state index in [0.717, 1.165) is 36.3 Å². The molecule has 9 heteroatoms. The molecule has 0 aromatic heterocycles. The average Bonchev–Trinajstić information content (AvgIpc) is 2.61. The number of amides is 1. The summed E-state index contributed by atoms with van der Waals surface area (Å²) in [5.41, 5.74) is 0. The lowest BCUT2D eigenvalue weighted by Gasteiger charge is -2.31. The normalized spacial score (nSPS) is 16.6. The first-order valence-electron chi connectivity index (χ1n) is 8.90. The molecule has 1 heterocycles. The van der Waals surface area contributed by atoms with E-state index in [1.54, 1.807) is 0 Å². The minimum absolute atomic E-state index is 0.00210. The molecular weight excluding hydrogens is 381 g/mol. The number of unbranched alkanes of at least 4 members (excludes halogenated alkanes) is 2. The Labute approximate surface area is 159 Å². The molecule has 146 valence electrons. The number of piperazine rings is 1. The summed E-state index contributed by atoms with van der Waals surface area (Å²) in [4.78, 5) is 13.0. The SMILES string of the molecule is CCCCCNC(=O)C[NH+]1CCN(S(=O)(=O)c2ccc(F)c(Cl)c2)CC1. The molecule has 0 bridgehead atoms. The van der Waals surface area contributed by atoms with Crippen molar-refractivity contribution in [3.05, 3.63) is 29.0 Å². The fourth-order valence-electron chi connectivity index (χ4n) is 2.90. The zero-order valence-electron chi connectivity index (χ0n) is 14.9. The minimum Gasteiger partial charge on any atom is -0.351 e. The molecule has 1 fully saturated rings. The predicted molar refractivity (Wildman–Crippen MR) is 98.3 cm³/mol. The van der Waals surface area contributed by atoms with Crippen molar-refractivity contribution in [1.29, 1.82) is 0 Å². The van der Waals surface area contributed by atoms with Crippen molar-refractivity contribution in [1.82, 2.24) is 9.62 Å². The Morgan fingerprint density at radius 2 is 2.00 bits per heavy atom. The number of carbonyl (C=O) groups is 1. The van der Waals surface area contributed by atoms with Gasteiger partial charge in [0.1, 0.15) is 5.82 Å². The molecule has 1 aromatic rings. The van der Waals surface area contributed by atoms with Crippen molar-refractivity contribution < 1.29 is 22.5 Å². The first-order chi connectivity index (χ1) is 12.3. The van der Waals surface area contributed by atoms with Crippen LogP contribution in [0.5, 0.6) is 0 Å². The lowest BCUT2D eigenvalue weighted by Crippen LogP contribution is -3.15. The lowest BCUT2D eigenvalue weighted by molar-refractivity contribution is -0.895. The second kappa shape index (κ2) is 9.64. The van der Waals surface area contributed by atoms with Gasteiger partial charge in [0.25, 0.3) is 5.91 Å². The molecule has 0 unspecified atom stereocenters. The zero-order valence-corrected chi connectivity index (χ0v) is 16.5. The standard InChI is InChI=1S/C17H25ClFN3O3S/c1-2-3-4-7-20-17(23)13-21-8-10-22(11-9-21)26(24,25)14-5-6-16(19)15(18)12-14/h5-6,12H,2-4,7-11,13H2,1H3,(H,20,23)/p+1. The van der Waals surface area contributed by atoms with Gasteiger partial charge in [-0.25, -0.2) is 12.8 Å². The second-order valence-corrected chi connectivity index (χ2v) is 8.81. The van der Waals surface area contributed by atoms with Gasteiger partial charge in [-0.05, 0) is 24.6 Å². The maximum atomic E-state index is 13.3. The van der Waals surface area contributed by atoms with Gasteiger partial charge in [-0.1, -0.05) is 31.4 Å². The van der Waals surface area contributed by atoms with Crippen molar-refractivity contribution in [2.45, 2.75) is 31.1 Å². The summed E-state index contributed by atoms with van der Waals surface area (Å²) in [7, 11) is -3.71. The van der Waals surface area contributed by atoms with Gasteiger partial charge in [0.2, 0.25) is 10.0 Å². The quantitative estimate of drug-likeness (QED) is 0.623. The Kier molecular flexibility index (Phi) is 7.82. The van der Waals surface area contributed by atoms with E-state index in [9.17, 15) is 17.6 Å². The highest BCUT2D eigenvalue weighted by atomic mass is 35.5. The maximum absolute atomic E-state index is 13.3. The van der Waals surface area contributed by atoms with Crippen LogP contribution >= 0.6 is 11.6 Å². The molecule has 26 heavy (non-hydrogen) atoms. The minimum atomic E-state index is -3.71. The van der Waals surface area contributed by atoms with Crippen LogP contribution in [0, 0.1) is 5.82 Å². The van der Waals surface area contributed by atoms with Crippen LogP contribution in [0.15, 0.2) is 23.1 Å². The van der Waals surface area contributed by atoms with Gasteiger partial charge in [-0.2, -0.15) is 4.31 Å². The third-order valence-corrected chi connectivity index (χ3v) is 6.66. The molecule has 1 aliphatic rings. The number of hydrogen-bond donors (Lipinski definition) is 2. The monoisotopic (exact) mass is 406 g/mol. The highest BCUT2D eigenvalue weighted by molar-refractivity contribution is 7.89. The molecule has 0 radical (unpaired) electrons. The third kappa shape index (κ3) is 5.64. The van der Waals surface area contributed by atoms with E-state index in [2.05, 4.69) is 12.2 Å². The number of rotatable bonds is 8. The van der Waals surface area contributed by atoms with E-state index in [-0.39, 0.29) is 15.8 Å². The number of sulfonamides is 1. The Morgan fingerprint density at radius 3 is 2.62 bits per heavy atom. The molecule has 0 saturated carbocycles. The van der Waals surface area contributed by atoms with Crippen LogP contribution in [0.25, 0.3) is 0 Å².